The Kier molecular flexibility index (Phi) is 5.15. The number of hydrogen-bond donors (Lipinski definition) is 4. The van der Waals surface area contributed by atoms with E-state index in [0.717, 1.165) is 12.8 Å². The van der Waals surface area contributed by atoms with E-state index in [2.05, 4.69) is 38.3 Å². The molecule has 1 heterocycles. The molecule has 1 aliphatic heterocycles. The largest absolute Gasteiger partial charge is 0.481 e. The van der Waals surface area contributed by atoms with Gasteiger partial charge in [-0.3, -0.25) is 9.59 Å². The molecule has 0 saturated carbocycles. The van der Waals surface area contributed by atoms with Gasteiger partial charge in [0.2, 0.25) is 5.91 Å². The van der Waals surface area contributed by atoms with Gasteiger partial charge < -0.3 is 21.5 Å². The number of nitrogens with two attached hydrogens (primary N) is 1. The number of rotatable bonds is 5. The minimum absolute atomic E-state index is 0.0507. The fourth-order valence-corrected chi connectivity index (χ4v) is 3.14. The Morgan fingerprint density at radius 3 is 2.25 bits per heavy atom. The monoisotopic (exact) mass is 285 g/mol. The molecule has 6 nitrogen and oxygen atoms in total. The summed E-state index contributed by atoms with van der Waals surface area (Å²) in [7, 11) is 0. The number of aliphatic carboxylic acids is 1. The minimum atomic E-state index is -0.933. The van der Waals surface area contributed by atoms with Crippen LogP contribution < -0.4 is 16.4 Å². The second kappa shape index (κ2) is 6.10. The highest BCUT2D eigenvalue weighted by Gasteiger charge is 2.38. The first kappa shape index (κ1) is 16.9. The molecule has 1 rings (SSSR count). The molecule has 1 atom stereocenters. The number of carboxylic acid groups (broad SMARTS) is 1. The van der Waals surface area contributed by atoms with Crippen molar-refractivity contribution in [1.29, 1.82) is 0 Å². The van der Waals surface area contributed by atoms with Crippen LogP contribution in [-0.2, 0) is 9.59 Å². The van der Waals surface area contributed by atoms with Crippen molar-refractivity contribution in [2.45, 2.75) is 76.5 Å². The maximum absolute atomic E-state index is 12.0. The lowest BCUT2D eigenvalue weighted by atomic mass is 9.79. The van der Waals surface area contributed by atoms with Crippen LogP contribution in [0.5, 0.6) is 0 Å². The first-order valence-electron chi connectivity index (χ1n) is 7.08. The van der Waals surface area contributed by atoms with E-state index in [9.17, 15) is 9.59 Å². The average Bonchev–Trinajstić information content (AvgIpc) is 2.20. The van der Waals surface area contributed by atoms with Gasteiger partial charge in [0.1, 0.15) is 0 Å². The molecule has 1 saturated heterocycles. The Morgan fingerprint density at radius 2 is 1.80 bits per heavy atom. The van der Waals surface area contributed by atoms with Crippen LogP contribution in [0, 0.1) is 0 Å². The van der Waals surface area contributed by atoms with E-state index in [1.54, 1.807) is 0 Å². The Balaban J connectivity index is 2.54. The van der Waals surface area contributed by atoms with E-state index in [1.165, 1.54) is 0 Å². The molecule has 1 aliphatic rings. The number of carbonyl (C=O) groups is 2. The molecule has 0 aromatic rings. The zero-order valence-corrected chi connectivity index (χ0v) is 12.8. The van der Waals surface area contributed by atoms with Gasteiger partial charge in [0.05, 0.1) is 6.04 Å². The predicted molar refractivity (Wildman–Crippen MR) is 77.3 cm³/mol. The Hall–Kier alpha value is -1.14. The normalized spacial score (nSPS) is 23.1. The fourth-order valence-electron chi connectivity index (χ4n) is 3.14. The van der Waals surface area contributed by atoms with Gasteiger partial charge in [-0.2, -0.15) is 0 Å². The first-order valence-corrected chi connectivity index (χ1v) is 7.08. The molecule has 0 aromatic carbocycles. The third-order valence-electron chi connectivity index (χ3n) is 3.54. The lowest BCUT2D eigenvalue weighted by Gasteiger charge is -2.46. The molecule has 0 bridgehead atoms. The molecule has 0 aliphatic carbocycles. The van der Waals surface area contributed by atoms with Crippen molar-refractivity contribution in [3.05, 3.63) is 0 Å². The summed E-state index contributed by atoms with van der Waals surface area (Å²) in [5.41, 5.74) is 5.63. The van der Waals surface area contributed by atoms with Crippen molar-refractivity contribution in [3.8, 4) is 0 Å². The van der Waals surface area contributed by atoms with Gasteiger partial charge in [0.15, 0.2) is 0 Å². The van der Waals surface area contributed by atoms with Gasteiger partial charge in [-0.15, -0.1) is 0 Å². The second-order valence-corrected chi connectivity index (χ2v) is 7.05. The predicted octanol–water partition coefficient (Wildman–Crippen LogP) is 0.604. The van der Waals surface area contributed by atoms with Gasteiger partial charge in [0.25, 0.3) is 0 Å². The number of carboxylic acids is 1. The van der Waals surface area contributed by atoms with Crippen molar-refractivity contribution in [2.75, 3.05) is 0 Å². The highest BCUT2D eigenvalue weighted by Crippen LogP contribution is 2.28. The van der Waals surface area contributed by atoms with Crippen LogP contribution in [0.2, 0.25) is 0 Å². The van der Waals surface area contributed by atoms with E-state index < -0.39 is 12.0 Å². The van der Waals surface area contributed by atoms with Crippen LogP contribution in [0.15, 0.2) is 0 Å². The van der Waals surface area contributed by atoms with Crippen molar-refractivity contribution < 1.29 is 14.7 Å². The van der Waals surface area contributed by atoms with Crippen LogP contribution in [-0.4, -0.2) is 40.1 Å². The zero-order valence-electron chi connectivity index (χ0n) is 12.8. The van der Waals surface area contributed by atoms with Gasteiger partial charge in [0, 0.05) is 23.5 Å². The van der Waals surface area contributed by atoms with Gasteiger partial charge in [-0.05, 0) is 47.0 Å². The molecular formula is C14H27N3O3. The van der Waals surface area contributed by atoms with Crippen molar-refractivity contribution >= 4 is 11.9 Å². The minimum Gasteiger partial charge on any atom is -0.481 e. The van der Waals surface area contributed by atoms with Crippen LogP contribution in [0.4, 0.5) is 0 Å². The molecule has 0 aromatic heterocycles. The summed E-state index contributed by atoms with van der Waals surface area (Å²) in [4.78, 5) is 22.5. The van der Waals surface area contributed by atoms with E-state index >= 15 is 0 Å². The van der Waals surface area contributed by atoms with Gasteiger partial charge in [-0.1, -0.05) is 0 Å². The van der Waals surface area contributed by atoms with Crippen molar-refractivity contribution in [1.82, 2.24) is 10.6 Å². The number of hydrogen-bond acceptors (Lipinski definition) is 4. The molecule has 20 heavy (non-hydrogen) atoms. The lowest BCUT2D eigenvalue weighted by molar-refractivity contribution is -0.137. The summed E-state index contributed by atoms with van der Waals surface area (Å²) in [6, 6.07) is -0.697. The van der Waals surface area contributed by atoms with Crippen LogP contribution in [0.3, 0.4) is 0 Å². The summed E-state index contributed by atoms with van der Waals surface area (Å²) in [6.07, 6.45) is 1.73. The molecule has 1 fully saturated rings. The summed E-state index contributed by atoms with van der Waals surface area (Å²) < 4.78 is 0. The van der Waals surface area contributed by atoms with Crippen LogP contribution in [0.1, 0.15) is 53.4 Å². The fraction of sp³-hybridized carbons (Fsp3) is 0.857. The highest BCUT2D eigenvalue weighted by molar-refractivity contribution is 5.82. The molecule has 116 valence electrons. The SMILES string of the molecule is CC1(C)CC(NC(=O)C(N)CCC(=O)O)CC(C)(C)N1. The smallest absolute Gasteiger partial charge is 0.303 e. The first-order chi connectivity index (χ1) is 9.01. The van der Waals surface area contributed by atoms with Crippen LogP contribution in [0.25, 0.3) is 0 Å². The molecule has 1 amide bonds. The molecule has 5 N–H and O–H groups in total. The highest BCUT2D eigenvalue weighted by atomic mass is 16.4. The van der Waals surface area contributed by atoms with E-state index in [-0.39, 0.29) is 35.9 Å². The molecule has 0 radical (unpaired) electrons. The maximum Gasteiger partial charge on any atom is 0.303 e. The maximum atomic E-state index is 12.0. The van der Waals surface area contributed by atoms with Crippen LogP contribution >= 0.6 is 0 Å². The Morgan fingerprint density at radius 1 is 1.30 bits per heavy atom. The quantitative estimate of drug-likeness (QED) is 0.592. The lowest BCUT2D eigenvalue weighted by Crippen LogP contribution is -2.63. The molecule has 0 spiro atoms. The number of piperidine rings is 1. The number of amides is 1. The topological polar surface area (TPSA) is 104 Å². The third kappa shape index (κ3) is 5.46. The van der Waals surface area contributed by atoms with E-state index in [0.29, 0.717) is 0 Å². The average molecular weight is 285 g/mol. The second-order valence-electron chi connectivity index (χ2n) is 7.05. The van der Waals surface area contributed by atoms with E-state index in [4.69, 9.17) is 10.8 Å². The summed E-state index contributed by atoms with van der Waals surface area (Å²) >= 11 is 0. The van der Waals surface area contributed by atoms with Gasteiger partial charge in [-0.25, -0.2) is 0 Å². The zero-order chi connectivity index (χ0) is 15.6. The van der Waals surface area contributed by atoms with E-state index in [1.807, 2.05) is 0 Å². The molecule has 6 heteroatoms. The summed E-state index contributed by atoms with van der Waals surface area (Å²) in [5.74, 6) is -1.19. The summed E-state index contributed by atoms with van der Waals surface area (Å²) in [6.45, 7) is 8.43. The van der Waals surface area contributed by atoms with Crippen molar-refractivity contribution in [2.24, 2.45) is 5.73 Å². The third-order valence-corrected chi connectivity index (χ3v) is 3.54. The Bertz CT molecular complexity index is 364. The summed E-state index contributed by atoms with van der Waals surface area (Å²) in [5, 5.41) is 15.1. The Labute approximate surface area is 120 Å². The van der Waals surface area contributed by atoms with Gasteiger partial charge >= 0.3 is 5.97 Å². The number of carbonyl (C=O) groups excluding carboxylic acids is 1. The molecular weight excluding hydrogens is 258 g/mol. The molecule has 1 unspecified atom stereocenters. The number of nitrogens with one attached hydrogen (secondary N) is 2. The standard InChI is InChI=1S/C14H27N3O3/c1-13(2)7-9(8-14(3,4)17-13)16-12(20)10(15)5-6-11(18)19/h9-10,17H,5-8,15H2,1-4H3,(H,16,20)(H,18,19). The van der Waals surface area contributed by atoms with Crippen molar-refractivity contribution in [3.63, 3.8) is 0 Å².